The normalized spacial score (nSPS) is 10.7. The molecule has 0 aliphatic heterocycles. The molecule has 0 fully saturated rings. The van der Waals surface area contributed by atoms with Crippen LogP contribution in [0.1, 0.15) is 18.2 Å². The van der Waals surface area contributed by atoms with Gasteiger partial charge in [-0.05, 0) is 25.5 Å². The van der Waals surface area contributed by atoms with Crippen molar-refractivity contribution in [1.82, 2.24) is 9.97 Å². The zero-order valence-corrected chi connectivity index (χ0v) is 10.7. The lowest BCUT2D eigenvalue weighted by atomic mass is 10.1. The van der Waals surface area contributed by atoms with Crippen molar-refractivity contribution < 1.29 is 8.78 Å². The Balaban J connectivity index is 2.58. The van der Waals surface area contributed by atoms with Crippen LogP contribution in [0.15, 0.2) is 18.2 Å². The Kier molecular flexibility index (Phi) is 3.57. The topological polar surface area (TPSA) is 25.8 Å². The maximum Gasteiger partial charge on any atom is 0.164 e. The minimum atomic E-state index is -0.699. The number of hydrogen-bond donors (Lipinski definition) is 0. The molecule has 1 aromatic heterocycles. The Morgan fingerprint density at radius 2 is 1.94 bits per heavy atom. The lowest BCUT2D eigenvalue weighted by Crippen LogP contribution is -2.00. The van der Waals surface area contributed by atoms with Gasteiger partial charge >= 0.3 is 0 Å². The Labute approximate surface area is 109 Å². The van der Waals surface area contributed by atoms with Gasteiger partial charge in [0.1, 0.15) is 16.8 Å². The summed E-state index contributed by atoms with van der Waals surface area (Å²) in [7, 11) is 0. The second-order valence-electron chi connectivity index (χ2n) is 3.88. The van der Waals surface area contributed by atoms with Crippen LogP contribution in [0.3, 0.4) is 0 Å². The summed E-state index contributed by atoms with van der Waals surface area (Å²) in [6.45, 7) is 3.73. The number of nitrogens with zero attached hydrogens (tertiary/aromatic N) is 2. The van der Waals surface area contributed by atoms with Gasteiger partial charge in [0, 0.05) is 17.3 Å². The van der Waals surface area contributed by atoms with Crippen LogP contribution in [0.5, 0.6) is 0 Å². The molecule has 0 spiro atoms. The van der Waals surface area contributed by atoms with Crippen molar-refractivity contribution in [2.75, 3.05) is 0 Å². The van der Waals surface area contributed by atoms with E-state index in [1.165, 1.54) is 12.1 Å². The molecule has 0 aliphatic carbocycles. The van der Waals surface area contributed by atoms with Gasteiger partial charge < -0.3 is 0 Å². The zero-order chi connectivity index (χ0) is 13.3. The van der Waals surface area contributed by atoms with E-state index in [4.69, 9.17) is 11.6 Å². The van der Waals surface area contributed by atoms with Crippen molar-refractivity contribution in [3.63, 3.8) is 0 Å². The third kappa shape index (κ3) is 2.34. The molecule has 94 valence electrons. The fourth-order valence-corrected chi connectivity index (χ4v) is 2.10. The molecule has 2 aromatic rings. The minimum absolute atomic E-state index is 0.143. The molecule has 0 saturated carbocycles. The molecule has 5 heteroatoms. The maximum atomic E-state index is 13.6. The molecule has 0 saturated heterocycles. The molecule has 0 N–H and O–H groups in total. The molecule has 0 amide bonds. The third-order valence-corrected chi connectivity index (χ3v) is 3.00. The summed E-state index contributed by atoms with van der Waals surface area (Å²) >= 11 is 6.02. The Hall–Kier alpha value is -1.55. The van der Waals surface area contributed by atoms with Crippen molar-refractivity contribution in [3.8, 4) is 11.4 Å². The predicted octanol–water partition coefficient (Wildman–Crippen LogP) is 3.95. The highest BCUT2D eigenvalue weighted by molar-refractivity contribution is 6.30. The molecular formula is C13H11ClF2N2. The first-order valence-electron chi connectivity index (χ1n) is 5.51. The largest absolute Gasteiger partial charge is 0.233 e. The van der Waals surface area contributed by atoms with Gasteiger partial charge in [-0.3, -0.25) is 0 Å². The van der Waals surface area contributed by atoms with E-state index in [0.29, 0.717) is 17.3 Å². The number of aromatic nitrogens is 2. The Morgan fingerprint density at radius 3 is 2.50 bits per heavy atom. The summed E-state index contributed by atoms with van der Waals surface area (Å²) in [6, 6.07) is 3.27. The van der Waals surface area contributed by atoms with Crippen LogP contribution in [0.25, 0.3) is 11.4 Å². The first kappa shape index (κ1) is 12.9. The average Bonchev–Trinajstić information content (AvgIpc) is 2.28. The standard InChI is InChI=1S/C13H11ClF2N2/c1-3-9-7(2)17-13(18-12(9)14)10-5-4-8(15)6-11(10)16/h4-6H,3H2,1-2H3. The molecule has 2 rings (SSSR count). The van der Waals surface area contributed by atoms with Crippen molar-refractivity contribution in [1.29, 1.82) is 0 Å². The number of benzene rings is 1. The summed E-state index contributed by atoms with van der Waals surface area (Å²) in [4.78, 5) is 8.26. The van der Waals surface area contributed by atoms with Gasteiger partial charge in [-0.1, -0.05) is 18.5 Å². The molecular weight excluding hydrogens is 258 g/mol. The smallest absolute Gasteiger partial charge is 0.164 e. The maximum absolute atomic E-state index is 13.6. The molecule has 0 aliphatic rings. The Bertz CT molecular complexity index is 577. The highest BCUT2D eigenvalue weighted by Crippen LogP contribution is 2.24. The lowest BCUT2D eigenvalue weighted by Gasteiger charge is -2.08. The molecule has 1 heterocycles. The van der Waals surface area contributed by atoms with Crippen LogP contribution in [0.2, 0.25) is 5.15 Å². The van der Waals surface area contributed by atoms with Crippen LogP contribution in [0.4, 0.5) is 8.78 Å². The molecule has 0 radical (unpaired) electrons. The number of halogens is 3. The van der Waals surface area contributed by atoms with E-state index in [2.05, 4.69) is 9.97 Å². The molecule has 0 atom stereocenters. The van der Waals surface area contributed by atoms with Crippen LogP contribution >= 0.6 is 11.6 Å². The first-order valence-corrected chi connectivity index (χ1v) is 5.89. The van der Waals surface area contributed by atoms with E-state index < -0.39 is 11.6 Å². The van der Waals surface area contributed by atoms with Gasteiger partial charge in [0.25, 0.3) is 0 Å². The zero-order valence-electron chi connectivity index (χ0n) is 9.97. The van der Waals surface area contributed by atoms with Crippen LogP contribution in [-0.4, -0.2) is 9.97 Å². The van der Waals surface area contributed by atoms with Crippen LogP contribution in [0, 0.1) is 18.6 Å². The summed E-state index contributed by atoms with van der Waals surface area (Å²) < 4.78 is 26.5. The second kappa shape index (κ2) is 4.98. The highest BCUT2D eigenvalue weighted by atomic mass is 35.5. The van der Waals surface area contributed by atoms with Crippen molar-refractivity contribution in [2.24, 2.45) is 0 Å². The third-order valence-electron chi connectivity index (χ3n) is 2.69. The SMILES string of the molecule is CCc1c(C)nc(-c2ccc(F)cc2F)nc1Cl. The summed E-state index contributed by atoms with van der Waals surface area (Å²) in [5.74, 6) is -1.16. The van der Waals surface area contributed by atoms with E-state index in [1.54, 1.807) is 6.92 Å². The monoisotopic (exact) mass is 268 g/mol. The second-order valence-corrected chi connectivity index (χ2v) is 4.24. The summed E-state index contributed by atoms with van der Waals surface area (Å²) in [5.41, 5.74) is 1.68. The van der Waals surface area contributed by atoms with Gasteiger partial charge in [0.2, 0.25) is 0 Å². The minimum Gasteiger partial charge on any atom is -0.233 e. The Morgan fingerprint density at radius 1 is 1.22 bits per heavy atom. The van der Waals surface area contributed by atoms with Gasteiger partial charge in [0.05, 0.1) is 5.56 Å². The first-order chi connectivity index (χ1) is 8.52. The van der Waals surface area contributed by atoms with Crippen molar-refractivity contribution >= 4 is 11.6 Å². The molecule has 18 heavy (non-hydrogen) atoms. The quantitative estimate of drug-likeness (QED) is 0.771. The highest BCUT2D eigenvalue weighted by Gasteiger charge is 2.13. The molecule has 1 aromatic carbocycles. The number of hydrogen-bond acceptors (Lipinski definition) is 2. The van der Waals surface area contributed by atoms with Gasteiger partial charge in [-0.15, -0.1) is 0 Å². The van der Waals surface area contributed by atoms with Crippen molar-refractivity contribution in [2.45, 2.75) is 20.3 Å². The van der Waals surface area contributed by atoms with E-state index >= 15 is 0 Å². The lowest BCUT2D eigenvalue weighted by molar-refractivity contribution is 0.585. The fourth-order valence-electron chi connectivity index (χ4n) is 1.75. The molecule has 0 unspecified atom stereocenters. The van der Waals surface area contributed by atoms with Crippen LogP contribution < -0.4 is 0 Å². The van der Waals surface area contributed by atoms with E-state index in [1.807, 2.05) is 6.92 Å². The molecule has 0 bridgehead atoms. The fraction of sp³-hybridized carbons (Fsp3) is 0.231. The van der Waals surface area contributed by atoms with Crippen molar-refractivity contribution in [3.05, 3.63) is 46.2 Å². The summed E-state index contributed by atoms with van der Waals surface area (Å²) in [6.07, 6.45) is 0.705. The predicted molar refractivity (Wildman–Crippen MR) is 66.5 cm³/mol. The average molecular weight is 269 g/mol. The van der Waals surface area contributed by atoms with Gasteiger partial charge in [-0.2, -0.15) is 0 Å². The number of aryl methyl sites for hydroxylation is 1. The van der Waals surface area contributed by atoms with E-state index in [0.717, 1.165) is 11.6 Å². The molecule has 2 nitrogen and oxygen atoms in total. The van der Waals surface area contributed by atoms with E-state index in [9.17, 15) is 8.78 Å². The van der Waals surface area contributed by atoms with E-state index in [-0.39, 0.29) is 11.4 Å². The van der Waals surface area contributed by atoms with Gasteiger partial charge in [0.15, 0.2) is 5.82 Å². The number of rotatable bonds is 2. The summed E-state index contributed by atoms with van der Waals surface area (Å²) in [5, 5.41) is 0.309. The van der Waals surface area contributed by atoms with Gasteiger partial charge in [-0.25, -0.2) is 18.7 Å². The van der Waals surface area contributed by atoms with Crippen LogP contribution in [-0.2, 0) is 6.42 Å².